The average molecular weight is 551 g/mol. The fourth-order valence-corrected chi connectivity index (χ4v) is 6.67. The summed E-state index contributed by atoms with van der Waals surface area (Å²) < 4.78 is 11.1. The van der Waals surface area contributed by atoms with Gasteiger partial charge in [0, 0.05) is 51.4 Å². The predicted molar refractivity (Wildman–Crippen MR) is 167 cm³/mol. The quantitative estimate of drug-likeness (QED) is 0.269. The molecule has 6 nitrogen and oxygen atoms in total. The summed E-state index contributed by atoms with van der Waals surface area (Å²) in [5.41, 5.74) is 2.72. The lowest BCUT2D eigenvalue weighted by Crippen LogP contribution is -2.65. The van der Waals surface area contributed by atoms with E-state index in [0.717, 1.165) is 63.6 Å². The second kappa shape index (κ2) is 17.0. The number of nitrogens with one attached hydrogen (secondary N) is 2. The molecular weight excluding hydrogens is 496 g/mol. The Morgan fingerprint density at radius 1 is 0.725 bits per heavy atom. The summed E-state index contributed by atoms with van der Waals surface area (Å²) in [6.45, 7) is 8.71. The Morgan fingerprint density at radius 2 is 1.23 bits per heavy atom. The minimum absolute atomic E-state index is 0.464. The molecule has 2 fully saturated rings. The monoisotopic (exact) mass is 550 g/mol. The second-order valence-corrected chi connectivity index (χ2v) is 11.7. The van der Waals surface area contributed by atoms with Gasteiger partial charge in [-0.05, 0) is 54.7 Å². The first-order chi connectivity index (χ1) is 19.7. The molecule has 0 aliphatic carbocycles. The van der Waals surface area contributed by atoms with Crippen molar-refractivity contribution in [2.75, 3.05) is 53.5 Å². The minimum atomic E-state index is 0.464. The van der Waals surface area contributed by atoms with E-state index in [1.807, 2.05) is 12.1 Å². The molecule has 0 amide bonds. The fraction of sp³-hybridized carbons (Fsp3) is 0.647. The molecule has 4 rings (SSSR count). The topological polar surface area (TPSA) is 49.0 Å². The molecule has 2 N–H and O–H groups in total. The molecule has 0 bridgehead atoms. The van der Waals surface area contributed by atoms with Crippen LogP contribution in [0.3, 0.4) is 0 Å². The molecule has 2 saturated heterocycles. The maximum atomic E-state index is 5.55. The van der Waals surface area contributed by atoms with Gasteiger partial charge in [0.25, 0.3) is 0 Å². The van der Waals surface area contributed by atoms with Gasteiger partial charge < -0.3 is 20.1 Å². The molecule has 2 heterocycles. The molecule has 2 aromatic rings. The van der Waals surface area contributed by atoms with Crippen LogP contribution in [-0.2, 0) is 12.8 Å². The summed E-state index contributed by atoms with van der Waals surface area (Å²) in [7, 11) is 3.53. The van der Waals surface area contributed by atoms with Crippen molar-refractivity contribution in [1.29, 1.82) is 0 Å². The number of rotatable bonds is 16. The van der Waals surface area contributed by atoms with Crippen LogP contribution < -0.4 is 20.1 Å². The third-order valence-corrected chi connectivity index (χ3v) is 8.83. The number of hydrogen-bond donors (Lipinski definition) is 2. The summed E-state index contributed by atoms with van der Waals surface area (Å²) >= 11 is 0. The van der Waals surface area contributed by atoms with E-state index in [1.54, 1.807) is 14.2 Å². The van der Waals surface area contributed by atoms with E-state index in [9.17, 15) is 0 Å². The summed E-state index contributed by atoms with van der Waals surface area (Å²) in [6.07, 6.45) is 13.3. The third-order valence-electron chi connectivity index (χ3n) is 8.83. The van der Waals surface area contributed by atoms with Gasteiger partial charge in [0.15, 0.2) is 0 Å². The van der Waals surface area contributed by atoms with Gasteiger partial charge in [-0.3, -0.25) is 9.80 Å². The number of ether oxygens (including phenoxy) is 2. The number of methoxy groups -OCH3 is 2. The highest BCUT2D eigenvalue weighted by Gasteiger charge is 2.36. The third kappa shape index (κ3) is 9.20. The molecule has 222 valence electrons. The highest BCUT2D eigenvalue weighted by Crippen LogP contribution is 2.26. The number of hydrogen-bond acceptors (Lipinski definition) is 6. The number of benzene rings is 2. The van der Waals surface area contributed by atoms with Crippen LogP contribution in [-0.4, -0.2) is 81.5 Å². The highest BCUT2D eigenvalue weighted by atomic mass is 16.5. The minimum Gasteiger partial charge on any atom is -0.497 e. The predicted octanol–water partition coefficient (Wildman–Crippen LogP) is 5.50. The standard InChI is InChI=1S/C34H54N4O2/c1-4-5-6-7-8-9-10-17-34(37-20-18-35-26-30(37)22-28-13-11-15-32(24-28)39-2)38-21-19-36-27-31(38)23-29-14-12-16-33(25-29)40-3/h11-16,24-25,30-31,34-36H,4-10,17-23,26-27H2,1-3H3. The van der Waals surface area contributed by atoms with Gasteiger partial charge in [-0.25, -0.2) is 0 Å². The second-order valence-electron chi connectivity index (χ2n) is 11.7. The van der Waals surface area contributed by atoms with Gasteiger partial charge >= 0.3 is 0 Å². The number of unbranched alkanes of at least 4 members (excludes halogenated alkanes) is 6. The van der Waals surface area contributed by atoms with Crippen molar-refractivity contribution in [3.63, 3.8) is 0 Å². The average Bonchev–Trinajstić information content (AvgIpc) is 3.00. The van der Waals surface area contributed by atoms with Crippen molar-refractivity contribution in [2.45, 2.75) is 89.4 Å². The maximum Gasteiger partial charge on any atom is 0.119 e. The molecule has 40 heavy (non-hydrogen) atoms. The van der Waals surface area contributed by atoms with E-state index >= 15 is 0 Å². The van der Waals surface area contributed by atoms with Crippen LogP contribution in [0, 0.1) is 0 Å². The molecule has 2 unspecified atom stereocenters. The zero-order valence-corrected chi connectivity index (χ0v) is 25.4. The number of piperazine rings is 2. The first-order valence-corrected chi connectivity index (χ1v) is 15.9. The lowest BCUT2D eigenvalue weighted by molar-refractivity contribution is -0.0369. The van der Waals surface area contributed by atoms with Crippen LogP contribution in [0.1, 0.15) is 69.4 Å². The molecule has 6 heteroatoms. The molecule has 0 aromatic heterocycles. The summed E-state index contributed by atoms with van der Waals surface area (Å²) in [5, 5.41) is 7.43. The van der Waals surface area contributed by atoms with Crippen LogP contribution in [0.5, 0.6) is 11.5 Å². The summed E-state index contributed by atoms with van der Waals surface area (Å²) in [5.74, 6) is 1.90. The van der Waals surface area contributed by atoms with Crippen molar-refractivity contribution in [3.8, 4) is 11.5 Å². The van der Waals surface area contributed by atoms with Gasteiger partial charge in [-0.1, -0.05) is 76.1 Å². The zero-order chi connectivity index (χ0) is 28.0. The zero-order valence-electron chi connectivity index (χ0n) is 25.4. The van der Waals surface area contributed by atoms with Gasteiger partial charge in [0.05, 0.1) is 20.4 Å². The highest BCUT2D eigenvalue weighted by molar-refractivity contribution is 5.30. The first kappa shape index (κ1) is 30.8. The molecule has 2 atom stereocenters. The Balaban J connectivity index is 1.51. The Bertz CT molecular complexity index is 916. The van der Waals surface area contributed by atoms with Crippen LogP contribution in [0.2, 0.25) is 0 Å². The van der Waals surface area contributed by atoms with Crippen molar-refractivity contribution in [3.05, 3.63) is 59.7 Å². The Kier molecular flexibility index (Phi) is 13.1. The molecule has 2 aliphatic heterocycles. The molecule has 2 aliphatic rings. The molecule has 2 aromatic carbocycles. The van der Waals surface area contributed by atoms with Crippen LogP contribution >= 0.6 is 0 Å². The Hall–Kier alpha value is -2.12. The van der Waals surface area contributed by atoms with Crippen LogP contribution in [0.4, 0.5) is 0 Å². The maximum absolute atomic E-state index is 5.55. The SMILES string of the molecule is CCCCCCCCCC(N1CCNCC1Cc1cccc(OC)c1)N1CCNCC1Cc1cccc(OC)c1. The molecular formula is C34H54N4O2. The summed E-state index contributed by atoms with van der Waals surface area (Å²) in [4.78, 5) is 5.72. The summed E-state index contributed by atoms with van der Waals surface area (Å²) in [6, 6.07) is 18.3. The van der Waals surface area contributed by atoms with E-state index in [0.29, 0.717) is 18.2 Å². The van der Waals surface area contributed by atoms with Crippen molar-refractivity contribution < 1.29 is 9.47 Å². The van der Waals surface area contributed by atoms with Gasteiger partial charge in [-0.15, -0.1) is 0 Å². The Labute approximate surface area is 243 Å². The Morgan fingerprint density at radius 3 is 1.73 bits per heavy atom. The molecule has 0 radical (unpaired) electrons. The van der Waals surface area contributed by atoms with E-state index in [2.05, 4.69) is 63.8 Å². The van der Waals surface area contributed by atoms with Crippen LogP contribution in [0.25, 0.3) is 0 Å². The number of nitrogens with zero attached hydrogens (tertiary/aromatic N) is 2. The van der Waals surface area contributed by atoms with E-state index in [1.165, 1.54) is 62.5 Å². The molecule has 0 spiro atoms. The van der Waals surface area contributed by atoms with Gasteiger partial charge in [0.1, 0.15) is 11.5 Å². The van der Waals surface area contributed by atoms with Gasteiger partial charge in [-0.2, -0.15) is 0 Å². The normalized spacial score (nSPS) is 21.3. The van der Waals surface area contributed by atoms with E-state index in [-0.39, 0.29) is 0 Å². The largest absolute Gasteiger partial charge is 0.497 e. The lowest BCUT2D eigenvalue weighted by Gasteiger charge is -2.50. The van der Waals surface area contributed by atoms with Crippen molar-refractivity contribution in [2.24, 2.45) is 0 Å². The van der Waals surface area contributed by atoms with Gasteiger partial charge in [0.2, 0.25) is 0 Å². The fourth-order valence-electron chi connectivity index (χ4n) is 6.67. The van der Waals surface area contributed by atoms with E-state index in [4.69, 9.17) is 9.47 Å². The first-order valence-electron chi connectivity index (χ1n) is 15.9. The molecule has 0 saturated carbocycles. The van der Waals surface area contributed by atoms with E-state index < -0.39 is 0 Å². The lowest BCUT2D eigenvalue weighted by atomic mass is 9.97. The smallest absolute Gasteiger partial charge is 0.119 e. The van der Waals surface area contributed by atoms with Crippen molar-refractivity contribution >= 4 is 0 Å². The van der Waals surface area contributed by atoms with Crippen molar-refractivity contribution in [1.82, 2.24) is 20.4 Å². The van der Waals surface area contributed by atoms with Crippen LogP contribution in [0.15, 0.2) is 48.5 Å².